The van der Waals surface area contributed by atoms with E-state index in [0.717, 1.165) is 5.33 Å². The first-order valence-corrected chi connectivity index (χ1v) is 5.36. The van der Waals surface area contributed by atoms with E-state index >= 15 is 0 Å². The fourth-order valence-corrected chi connectivity index (χ4v) is 1.25. The van der Waals surface area contributed by atoms with E-state index in [1.165, 1.54) is 11.3 Å². The molecular weight excluding hydrogens is 226 g/mol. The molecule has 0 amide bonds. The summed E-state index contributed by atoms with van der Waals surface area (Å²) >= 11 is 3.35. The predicted octanol–water partition coefficient (Wildman–Crippen LogP) is 3.16. The molecule has 0 spiro atoms. The Bertz CT molecular complexity index is 275. The van der Waals surface area contributed by atoms with Crippen molar-refractivity contribution < 1.29 is 0 Å². The molecule has 0 radical (unpaired) electrons. The smallest absolute Gasteiger partial charge is 0.0361 e. The molecule has 0 unspecified atom stereocenters. The molecule has 0 bridgehead atoms. The highest BCUT2D eigenvalue weighted by Crippen LogP contribution is 2.13. The quantitative estimate of drug-likeness (QED) is 0.733. The van der Waals surface area contributed by atoms with Gasteiger partial charge < -0.3 is 4.90 Å². The molecule has 1 rings (SSSR count). The molecule has 0 atom stereocenters. The van der Waals surface area contributed by atoms with Crippen LogP contribution in [0.1, 0.15) is 5.56 Å². The number of alkyl halides is 1. The predicted molar refractivity (Wildman–Crippen MR) is 63.6 cm³/mol. The van der Waals surface area contributed by atoms with Gasteiger partial charge in [0.05, 0.1) is 0 Å². The van der Waals surface area contributed by atoms with Crippen LogP contribution >= 0.6 is 15.9 Å². The van der Waals surface area contributed by atoms with Gasteiger partial charge in [0.15, 0.2) is 0 Å². The molecule has 1 aromatic carbocycles. The topological polar surface area (TPSA) is 3.24 Å². The van der Waals surface area contributed by atoms with E-state index in [2.05, 4.69) is 57.2 Å². The number of hydrogen-bond donors (Lipinski definition) is 0. The van der Waals surface area contributed by atoms with E-state index in [0.29, 0.717) is 0 Å². The summed E-state index contributed by atoms with van der Waals surface area (Å²) in [5.74, 6) is 0. The number of anilines is 1. The van der Waals surface area contributed by atoms with Gasteiger partial charge in [-0.1, -0.05) is 40.2 Å². The molecular formula is C11H14BrN. The van der Waals surface area contributed by atoms with Gasteiger partial charge in [0, 0.05) is 25.1 Å². The van der Waals surface area contributed by atoms with E-state index in [4.69, 9.17) is 0 Å². The van der Waals surface area contributed by atoms with Crippen LogP contribution in [0.4, 0.5) is 5.69 Å². The third-order valence-electron chi connectivity index (χ3n) is 1.81. The molecule has 0 fully saturated rings. The zero-order chi connectivity index (χ0) is 9.68. The number of allylic oxidation sites excluding steroid dienone is 1. The molecule has 70 valence electrons. The first kappa shape index (κ1) is 10.3. The monoisotopic (exact) mass is 239 g/mol. The highest BCUT2D eigenvalue weighted by Gasteiger charge is 1.92. The van der Waals surface area contributed by atoms with E-state index in [-0.39, 0.29) is 0 Å². The number of halogens is 1. The van der Waals surface area contributed by atoms with E-state index < -0.39 is 0 Å². The summed E-state index contributed by atoms with van der Waals surface area (Å²) in [7, 11) is 4.09. The van der Waals surface area contributed by atoms with Crippen molar-refractivity contribution in [2.45, 2.75) is 0 Å². The Kier molecular flexibility index (Phi) is 4.03. The Hall–Kier alpha value is -0.760. The number of nitrogens with zero attached hydrogens (tertiary/aromatic N) is 1. The third kappa shape index (κ3) is 3.23. The highest BCUT2D eigenvalue weighted by molar-refractivity contribution is 9.09. The Balaban J connectivity index is 2.75. The molecule has 0 saturated heterocycles. The molecule has 0 aliphatic rings. The van der Waals surface area contributed by atoms with Crippen molar-refractivity contribution in [3.05, 3.63) is 35.9 Å². The molecule has 13 heavy (non-hydrogen) atoms. The summed E-state index contributed by atoms with van der Waals surface area (Å²) in [6.45, 7) is 0. The number of rotatable bonds is 3. The molecule has 0 N–H and O–H groups in total. The number of benzene rings is 1. The second-order valence-electron chi connectivity index (χ2n) is 3.04. The van der Waals surface area contributed by atoms with Crippen LogP contribution < -0.4 is 4.90 Å². The average molecular weight is 240 g/mol. The van der Waals surface area contributed by atoms with Crippen molar-refractivity contribution in [1.29, 1.82) is 0 Å². The van der Waals surface area contributed by atoms with Crippen LogP contribution in [0.2, 0.25) is 0 Å². The molecule has 0 aliphatic heterocycles. The van der Waals surface area contributed by atoms with E-state index in [1.807, 2.05) is 14.1 Å². The summed E-state index contributed by atoms with van der Waals surface area (Å²) in [5, 5.41) is 0.905. The maximum absolute atomic E-state index is 3.35. The van der Waals surface area contributed by atoms with Crippen molar-refractivity contribution in [1.82, 2.24) is 0 Å². The standard InChI is InChI=1S/C11H14BrN/c1-13(2)11-7-5-10(6-8-11)4-3-9-12/h3-8H,9H2,1-2H3. The number of hydrogen-bond acceptors (Lipinski definition) is 1. The summed E-state index contributed by atoms with van der Waals surface area (Å²) < 4.78 is 0. The Morgan fingerprint density at radius 2 is 1.85 bits per heavy atom. The van der Waals surface area contributed by atoms with Crippen LogP contribution in [0, 0.1) is 0 Å². The summed E-state index contributed by atoms with van der Waals surface area (Å²) in [5.41, 5.74) is 2.47. The lowest BCUT2D eigenvalue weighted by Crippen LogP contribution is -2.07. The highest BCUT2D eigenvalue weighted by atomic mass is 79.9. The minimum absolute atomic E-state index is 0.905. The largest absolute Gasteiger partial charge is 0.378 e. The van der Waals surface area contributed by atoms with Crippen LogP contribution in [0.25, 0.3) is 6.08 Å². The zero-order valence-corrected chi connectivity index (χ0v) is 9.58. The first-order valence-electron chi connectivity index (χ1n) is 4.24. The lowest BCUT2D eigenvalue weighted by Gasteiger charge is -2.11. The van der Waals surface area contributed by atoms with Crippen molar-refractivity contribution >= 4 is 27.7 Å². The lowest BCUT2D eigenvalue weighted by molar-refractivity contribution is 1.13. The molecule has 0 aromatic heterocycles. The van der Waals surface area contributed by atoms with E-state index in [1.54, 1.807) is 0 Å². The fraction of sp³-hybridized carbons (Fsp3) is 0.273. The molecule has 2 heteroatoms. The minimum atomic E-state index is 0.905. The van der Waals surface area contributed by atoms with Gasteiger partial charge >= 0.3 is 0 Å². The third-order valence-corrected chi connectivity index (χ3v) is 2.18. The van der Waals surface area contributed by atoms with Crippen molar-refractivity contribution in [2.24, 2.45) is 0 Å². The van der Waals surface area contributed by atoms with Gasteiger partial charge in [-0.3, -0.25) is 0 Å². The van der Waals surface area contributed by atoms with E-state index in [9.17, 15) is 0 Å². The normalized spacial score (nSPS) is 10.7. The first-order chi connectivity index (χ1) is 6.24. The van der Waals surface area contributed by atoms with Crippen molar-refractivity contribution in [3.8, 4) is 0 Å². The average Bonchev–Trinajstić information content (AvgIpc) is 2.15. The van der Waals surface area contributed by atoms with Crippen molar-refractivity contribution in [3.63, 3.8) is 0 Å². The Labute approximate surface area is 88.2 Å². The Morgan fingerprint density at radius 1 is 1.23 bits per heavy atom. The van der Waals surface area contributed by atoms with Gasteiger partial charge in [-0.2, -0.15) is 0 Å². The van der Waals surface area contributed by atoms with Gasteiger partial charge in [-0.15, -0.1) is 0 Å². The van der Waals surface area contributed by atoms with Gasteiger partial charge in [0.2, 0.25) is 0 Å². The summed E-state index contributed by atoms with van der Waals surface area (Å²) in [6.07, 6.45) is 4.19. The molecule has 1 aromatic rings. The van der Waals surface area contributed by atoms with Gasteiger partial charge in [-0.05, 0) is 17.7 Å². The minimum Gasteiger partial charge on any atom is -0.378 e. The molecule has 1 nitrogen and oxygen atoms in total. The molecule has 0 saturated carbocycles. The Morgan fingerprint density at radius 3 is 2.31 bits per heavy atom. The van der Waals surface area contributed by atoms with Gasteiger partial charge in [-0.25, -0.2) is 0 Å². The lowest BCUT2D eigenvalue weighted by atomic mass is 10.2. The van der Waals surface area contributed by atoms with Gasteiger partial charge in [0.1, 0.15) is 0 Å². The second kappa shape index (κ2) is 5.07. The van der Waals surface area contributed by atoms with Crippen LogP contribution in [0.3, 0.4) is 0 Å². The van der Waals surface area contributed by atoms with Crippen LogP contribution in [0.5, 0.6) is 0 Å². The second-order valence-corrected chi connectivity index (χ2v) is 3.69. The summed E-state index contributed by atoms with van der Waals surface area (Å²) in [4.78, 5) is 2.10. The van der Waals surface area contributed by atoms with Crippen LogP contribution in [-0.2, 0) is 0 Å². The maximum atomic E-state index is 3.35. The summed E-state index contributed by atoms with van der Waals surface area (Å²) in [6, 6.07) is 8.48. The van der Waals surface area contributed by atoms with Gasteiger partial charge in [0.25, 0.3) is 0 Å². The fourth-order valence-electron chi connectivity index (χ4n) is 1.06. The maximum Gasteiger partial charge on any atom is 0.0361 e. The molecule has 0 heterocycles. The SMILES string of the molecule is CN(C)c1ccc(C=CCBr)cc1. The van der Waals surface area contributed by atoms with Crippen molar-refractivity contribution in [2.75, 3.05) is 24.3 Å². The molecule has 0 aliphatic carbocycles. The van der Waals surface area contributed by atoms with Crippen LogP contribution in [0.15, 0.2) is 30.3 Å². The van der Waals surface area contributed by atoms with Crippen LogP contribution in [-0.4, -0.2) is 19.4 Å². The zero-order valence-electron chi connectivity index (χ0n) is 8.00.